The van der Waals surface area contributed by atoms with Gasteiger partial charge in [-0.1, -0.05) is 35.0 Å². The summed E-state index contributed by atoms with van der Waals surface area (Å²) in [6.07, 6.45) is 14.0. The van der Waals surface area contributed by atoms with E-state index >= 15 is 0 Å². The average molecular weight is 451 g/mol. The molecule has 1 aromatic rings. The molecule has 0 aromatic heterocycles. The fourth-order valence-corrected chi connectivity index (χ4v) is 5.12. The van der Waals surface area contributed by atoms with Crippen molar-refractivity contribution in [2.45, 2.75) is 58.5 Å². The average Bonchev–Trinajstić information content (AvgIpc) is 3.14. The molecule has 148 valence electrons. The van der Waals surface area contributed by atoms with Crippen LogP contribution in [0.15, 0.2) is 46.6 Å². The van der Waals surface area contributed by atoms with E-state index < -0.39 is 0 Å². The molecule has 0 spiro atoms. The molecular weight excluding hydrogens is 420 g/mol. The molecule has 2 heterocycles. The summed E-state index contributed by atoms with van der Waals surface area (Å²) in [6.45, 7) is 7.70. The fourth-order valence-electron chi connectivity index (χ4n) is 3.66. The molecular formula is C22H31BrN2OS. The number of aryl methyl sites for hydroxylation is 1. The summed E-state index contributed by atoms with van der Waals surface area (Å²) in [5.74, 6) is 1.08. The Morgan fingerprint density at radius 2 is 2.22 bits per heavy atom. The zero-order chi connectivity index (χ0) is 19.1. The smallest absolute Gasteiger partial charge is 0.122 e. The molecule has 1 aromatic carbocycles. The number of unbranched alkanes of at least 4 members (excludes halogenated alkanes) is 1. The number of rotatable bonds is 8. The van der Waals surface area contributed by atoms with Crippen molar-refractivity contribution in [3.05, 3.63) is 52.2 Å². The van der Waals surface area contributed by atoms with Gasteiger partial charge in [0.25, 0.3) is 0 Å². The Morgan fingerprint density at radius 3 is 3.04 bits per heavy atom. The summed E-state index contributed by atoms with van der Waals surface area (Å²) in [7, 11) is 0. The lowest BCUT2D eigenvalue weighted by Gasteiger charge is -2.26. The molecule has 27 heavy (non-hydrogen) atoms. The lowest BCUT2D eigenvalue weighted by molar-refractivity contribution is 0.160. The molecule has 1 fully saturated rings. The third-order valence-corrected chi connectivity index (χ3v) is 6.72. The maximum absolute atomic E-state index is 6.20. The third kappa shape index (κ3) is 6.03. The molecule has 2 aliphatic heterocycles. The van der Waals surface area contributed by atoms with E-state index in [0.29, 0.717) is 6.10 Å². The highest BCUT2D eigenvalue weighted by molar-refractivity contribution is 9.10. The standard InChI is InChI=1S/C22H31BrN2OS/c1-3-7-20(8-4-2)25-16-15-24(27-25)14-6-5-9-21-12-10-18-17-19(23)11-13-22(18)26-21/h3,7-8,11,13,17,21H,4-6,9-10,12,14-16H2,1-2H3/b7-3-,20-8+. The van der Waals surface area contributed by atoms with Crippen LogP contribution in [-0.4, -0.2) is 34.3 Å². The van der Waals surface area contributed by atoms with E-state index in [0.717, 1.165) is 55.5 Å². The Kier molecular flexibility index (Phi) is 8.16. The first-order chi connectivity index (χ1) is 13.2. The largest absolute Gasteiger partial charge is 0.490 e. The minimum absolute atomic E-state index is 0.384. The second kappa shape index (κ2) is 10.6. The van der Waals surface area contributed by atoms with Gasteiger partial charge in [-0.3, -0.25) is 0 Å². The van der Waals surface area contributed by atoms with Gasteiger partial charge in [-0.15, -0.1) is 0 Å². The van der Waals surface area contributed by atoms with Crippen LogP contribution in [0.25, 0.3) is 0 Å². The van der Waals surface area contributed by atoms with Crippen LogP contribution in [0.3, 0.4) is 0 Å². The van der Waals surface area contributed by atoms with Crippen molar-refractivity contribution in [2.75, 3.05) is 19.6 Å². The lowest BCUT2D eigenvalue weighted by atomic mass is 9.99. The molecule has 3 rings (SSSR count). The van der Waals surface area contributed by atoms with Gasteiger partial charge in [0.05, 0.1) is 6.10 Å². The quantitative estimate of drug-likeness (QED) is 0.259. The molecule has 3 nitrogen and oxygen atoms in total. The van der Waals surface area contributed by atoms with Crippen molar-refractivity contribution >= 4 is 28.1 Å². The van der Waals surface area contributed by atoms with Gasteiger partial charge in [-0.25, -0.2) is 4.31 Å². The number of fused-ring (bicyclic) bond motifs is 1. The molecule has 0 aliphatic carbocycles. The minimum atomic E-state index is 0.384. The molecule has 0 N–H and O–H groups in total. The van der Waals surface area contributed by atoms with Crippen molar-refractivity contribution in [2.24, 2.45) is 0 Å². The van der Waals surface area contributed by atoms with Gasteiger partial charge in [-0.2, -0.15) is 0 Å². The predicted octanol–water partition coefficient (Wildman–Crippen LogP) is 6.36. The summed E-state index contributed by atoms with van der Waals surface area (Å²) >= 11 is 5.43. The molecule has 0 radical (unpaired) electrons. The Labute approximate surface area is 177 Å². The van der Waals surface area contributed by atoms with Crippen LogP contribution in [0, 0.1) is 0 Å². The van der Waals surface area contributed by atoms with Crippen LogP contribution >= 0.6 is 28.1 Å². The zero-order valence-electron chi connectivity index (χ0n) is 16.5. The molecule has 2 aliphatic rings. The Bertz CT molecular complexity index is 676. The fraction of sp³-hybridized carbons (Fsp3) is 0.545. The second-order valence-corrected chi connectivity index (χ2v) is 9.21. The lowest BCUT2D eigenvalue weighted by Crippen LogP contribution is -2.23. The van der Waals surface area contributed by atoms with E-state index in [1.54, 1.807) is 0 Å². The van der Waals surface area contributed by atoms with Gasteiger partial charge in [0.2, 0.25) is 0 Å². The van der Waals surface area contributed by atoms with Crippen LogP contribution in [0.5, 0.6) is 5.75 Å². The Balaban J connectivity index is 1.36. The number of ether oxygens (including phenoxy) is 1. The van der Waals surface area contributed by atoms with Gasteiger partial charge in [-0.05, 0) is 75.3 Å². The SMILES string of the molecule is C/C=C\C(=C/CC)N1CCN(CCCCC2CCc3cc(Br)ccc3O2)S1. The van der Waals surface area contributed by atoms with Crippen LogP contribution < -0.4 is 4.74 Å². The molecule has 0 amide bonds. The number of nitrogens with zero attached hydrogens (tertiary/aromatic N) is 2. The highest BCUT2D eigenvalue weighted by Crippen LogP contribution is 2.32. The first kappa shape index (κ1) is 20.8. The van der Waals surface area contributed by atoms with E-state index in [1.165, 1.54) is 24.1 Å². The molecule has 0 saturated carbocycles. The van der Waals surface area contributed by atoms with Gasteiger partial charge < -0.3 is 9.04 Å². The first-order valence-electron chi connectivity index (χ1n) is 10.2. The number of allylic oxidation sites excluding steroid dienone is 3. The number of benzene rings is 1. The molecule has 1 saturated heterocycles. The summed E-state index contributed by atoms with van der Waals surface area (Å²) in [6, 6.07) is 6.37. The Hall–Kier alpha value is -0.910. The minimum Gasteiger partial charge on any atom is -0.490 e. The van der Waals surface area contributed by atoms with Crippen molar-refractivity contribution in [1.29, 1.82) is 0 Å². The van der Waals surface area contributed by atoms with Gasteiger partial charge in [0.1, 0.15) is 5.75 Å². The summed E-state index contributed by atoms with van der Waals surface area (Å²) in [4.78, 5) is 0. The van der Waals surface area contributed by atoms with Crippen LogP contribution in [-0.2, 0) is 6.42 Å². The maximum atomic E-state index is 6.20. The first-order valence-corrected chi connectivity index (χ1v) is 11.7. The van der Waals surface area contributed by atoms with Gasteiger partial charge >= 0.3 is 0 Å². The molecule has 1 atom stereocenters. The van der Waals surface area contributed by atoms with Crippen LogP contribution in [0.2, 0.25) is 0 Å². The Morgan fingerprint density at radius 1 is 1.33 bits per heavy atom. The normalized spacial score (nSPS) is 20.9. The number of hydrogen-bond acceptors (Lipinski definition) is 4. The van der Waals surface area contributed by atoms with Crippen molar-refractivity contribution in [3.63, 3.8) is 0 Å². The number of hydrogen-bond donors (Lipinski definition) is 0. The van der Waals surface area contributed by atoms with E-state index in [4.69, 9.17) is 4.74 Å². The van der Waals surface area contributed by atoms with Crippen molar-refractivity contribution in [3.8, 4) is 5.75 Å². The highest BCUT2D eigenvalue weighted by atomic mass is 79.9. The summed E-state index contributed by atoms with van der Waals surface area (Å²) in [5, 5.41) is 0. The zero-order valence-corrected chi connectivity index (χ0v) is 18.9. The highest BCUT2D eigenvalue weighted by Gasteiger charge is 2.23. The van der Waals surface area contributed by atoms with E-state index in [9.17, 15) is 0 Å². The van der Waals surface area contributed by atoms with Gasteiger partial charge in [0.15, 0.2) is 0 Å². The number of halogens is 1. The summed E-state index contributed by atoms with van der Waals surface area (Å²) < 4.78 is 12.3. The van der Waals surface area contributed by atoms with Gasteiger partial charge in [0, 0.05) is 41.9 Å². The van der Waals surface area contributed by atoms with E-state index in [-0.39, 0.29) is 0 Å². The van der Waals surface area contributed by atoms with E-state index in [2.05, 4.69) is 74.8 Å². The monoisotopic (exact) mass is 450 g/mol. The molecule has 0 bridgehead atoms. The maximum Gasteiger partial charge on any atom is 0.122 e. The second-order valence-electron chi connectivity index (χ2n) is 7.18. The van der Waals surface area contributed by atoms with E-state index in [1.807, 2.05) is 12.1 Å². The van der Waals surface area contributed by atoms with Crippen molar-refractivity contribution in [1.82, 2.24) is 8.61 Å². The molecule has 1 unspecified atom stereocenters. The van der Waals surface area contributed by atoms with Crippen LogP contribution in [0.1, 0.15) is 51.5 Å². The van der Waals surface area contributed by atoms with Crippen molar-refractivity contribution < 1.29 is 4.74 Å². The van der Waals surface area contributed by atoms with Crippen LogP contribution in [0.4, 0.5) is 0 Å². The summed E-state index contributed by atoms with van der Waals surface area (Å²) in [5.41, 5.74) is 2.68. The predicted molar refractivity (Wildman–Crippen MR) is 120 cm³/mol. The third-order valence-electron chi connectivity index (χ3n) is 5.04. The molecule has 5 heteroatoms. The topological polar surface area (TPSA) is 15.7 Å².